The molecule has 1 aliphatic carbocycles. The Morgan fingerprint density at radius 1 is 1.38 bits per heavy atom. The molecule has 3 rings (SSSR count). The van der Waals surface area contributed by atoms with E-state index < -0.39 is 0 Å². The Kier molecular flexibility index (Phi) is 4.82. The van der Waals surface area contributed by atoms with Crippen LogP contribution >= 0.6 is 0 Å². The molecule has 0 spiro atoms. The zero-order valence-corrected chi connectivity index (χ0v) is 13.8. The number of carbonyl (C=O) groups excluding carboxylic acids is 3. The van der Waals surface area contributed by atoms with E-state index in [4.69, 9.17) is 0 Å². The maximum atomic E-state index is 12.1. The standard InChI is InChI=1S/C16H23N5O3/c1-10-11(9-18-20-10)8-17-14(22)6-7-21-13-5-3-2-4-12(13)15(23)19-16(21)24/h9,12-13H,2-8H2,1H3,(H,17,22)(H,18,20)(H,19,23,24). The van der Waals surface area contributed by atoms with E-state index in [0.717, 1.165) is 36.9 Å². The second-order valence-corrected chi connectivity index (χ2v) is 6.49. The largest absolute Gasteiger partial charge is 0.352 e. The van der Waals surface area contributed by atoms with Gasteiger partial charge >= 0.3 is 6.03 Å². The van der Waals surface area contributed by atoms with Crippen molar-refractivity contribution in [3.05, 3.63) is 17.5 Å². The predicted octanol–water partition coefficient (Wildman–Crippen LogP) is 0.835. The van der Waals surface area contributed by atoms with Crippen molar-refractivity contribution in [3.63, 3.8) is 0 Å². The Morgan fingerprint density at radius 3 is 2.92 bits per heavy atom. The van der Waals surface area contributed by atoms with Crippen molar-refractivity contribution < 1.29 is 14.4 Å². The number of aromatic nitrogens is 2. The summed E-state index contributed by atoms with van der Waals surface area (Å²) in [6.45, 7) is 2.64. The van der Waals surface area contributed by atoms with Crippen molar-refractivity contribution in [3.8, 4) is 0 Å². The summed E-state index contributed by atoms with van der Waals surface area (Å²) in [4.78, 5) is 37.8. The molecule has 130 valence electrons. The molecule has 0 bridgehead atoms. The van der Waals surface area contributed by atoms with E-state index in [1.165, 1.54) is 0 Å². The van der Waals surface area contributed by atoms with Crippen LogP contribution in [0.4, 0.5) is 4.79 Å². The third kappa shape index (κ3) is 3.42. The van der Waals surface area contributed by atoms with Gasteiger partial charge in [-0.15, -0.1) is 0 Å². The maximum Gasteiger partial charge on any atom is 0.324 e. The summed E-state index contributed by atoms with van der Waals surface area (Å²) >= 11 is 0. The number of carbonyl (C=O) groups is 3. The van der Waals surface area contributed by atoms with Crippen molar-refractivity contribution in [1.82, 2.24) is 25.7 Å². The fourth-order valence-electron chi connectivity index (χ4n) is 3.54. The van der Waals surface area contributed by atoms with Crippen molar-refractivity contribution in [2.45, 2.75) is 51.6 Å². The average molecular weight is 333 g/mol. The van der Waals surface area contributed by atoms with Gasteiger partial charge in [-0.25, -0.2) is 4.79 Å². The van der Waals surface area contributed by atoms with Crippen molar-refractivity contribution >= 4 is 17.8 Å². The summed E-state index contributed by atoms with van der Waals surface area (Å²) in [6, 6.07) is -0.439. The van der Waals surface area contributed by atoms with E-state index in [-0.39, 0.29) is 36.2 Å². The zero-order chi connectivity index (χ0) is 17.1. The number of nitrogens with zero attached hydrogens (tertiary/aromatic N) is 2. The van der Waals surface area contributed by atoms with Crippen LogP contribution in [0.1, 0.15) is 43.4 Å². The molecule has 0 aromatic carbocycles. The highest BCUT2D eigenvalue weighted by atomic mass is 16.2. The molecule has 2 fully saturated rings. The van der Waals surface area contributed by atoms with Gasteiger partial charge in [0, 0.05) is 36.8 Å². The van der Waals surface area contributed by atoms with Crippen molar-refractivity contribution in [1.29, 1.82) is 0 Å². The highest BCUT2D eigenvalue weighted by molar-refractivity contribution is 5.98. The fraction of sp³-hybridized carbons (Fsp3) is 0.625. The van der Waals surface area contributed by atoms with Gasteiger partial charge in [-0.05, 0) is 19.8 Å². The molecular weight excluding hydrogens is 310 g/mol. The minimum Gasteiger partial charge on any atom is -0.352 e. The highest BCUT2D eigenvalue weighted by Crippen LogP contribution is 2.31. The van der Waals surface area contributed by atoms with Gasteiger partial charge in [-0.1, -0.05) is 12.8 Å². The molecule has 1 aliphatic heterocycles. The van der Waals surface area contributed by atoms with Crippen molar-refractivity contribution in [2.75, 3.05) is 6.54 Å². The number of H-pyrrole nitrogens is 1. The van der Waals surface area contributed by atoms with Crippen LogP contribution in [0.15, 0.2) is 6.20 Å². The molecule has 2 unspecified atom stereocenters. The van der Waals surface area contributed by atoms with Crippen molar-refractivity contribution in [2.24, 2.45) is 5.92 Å². The van der Waals surface area contributed by atoms with E-state index in [2.05, 4.69) is 20.8 Å². The van der Waals surface area contributed by atoms with E-state index in [0.29, 0.717) is 13.1 Å². The minimum atomic E-state index is -0.373. The lowest BCUT2D eigenvalue weighted by Crippen LogP contribution is -2.61. The lowest BCUT2D eigenvalue weighted by atomic mass is 9.81. The van der Waals surface area contributed by atoms with Gasteiger partial charge < -0.3 is 10.2 Å². The van der Waals surface area contributed by atoms with Gasteiger partial charge in [-0.2, -0.15) is 5.10 Å². The first kappa shape index (κ1) is 16.5. The number of aromatic amines is 1. The third-order valence-corrected chi connectivity index (χ3v) is 4.95. The maximum absolute atomic E-state index is 12.1. The topological polar surface area (TPSA) is 107 Å². The molecule has 8 nitrogen and oxygen atoms in total. The first-order chi connectivity index (χ1) is 11.6. The summed E-state index contributed by atoms with van der Waals surface area (Å²) < 4.78 is 0. The van der Waals surface area contributed by atoms with Gasteiger partial charge in [0.1, 0.15) is 0 Å². The van der Waals surface area contributed by atoms with Crippen LogP contribution in [-0.2, 0) is 16.1 Å². The second-order valence-electron chi connectivity index (χ2n) is 6.49. The smallest absolute Gasteiger partial charge is 0.324 e. The summed E-state index contributed by atoms with van der Waals surface area (Å²) in [7, 11) is 0. The molecule has 2 aliphatic rings. The van der Waals surface area contributed by atoms with Gasteiger partial charge in [-0.3, -0.25) is 20.0 Å². The second kappa shape index (κ2) is 7.02. The third-order valence-electron chi connectivity index (χ3n) is 4.95. The predicted molar refractivity (Wildman–Crippen MR) is 85.8 cm³/mol. The van der Waals surface area contributed by atoms with Crippen LogP contribution in [0.25, 0.3) is 0 Å². The number of urea groups is 1. The molecule has 1 saturated carbocycles. The zero-order valence-electron chi connectivity index (χ0n) is 13.8. The Balaban J connectivity index is 1.52. The number of nitrogens with one attached hydrogen (secondary N) is 3. The summed E-state index contributed by atoms with van der Waals surface area (Å²) in [5.41, 5.74) is 1.87. The molecule has 2 atom stereocenters. The summed E-state index contributed by atoms with van der Waals surface area (Å²) in [6.07, 6.45) is 5.59. The lowest BCUT2D eigenvalue weighted by Gasteiger charge is -2.42. The number of rotatable bonds is 5. The molecule has 1 aromatic rings. The molecule has 24 heavy (non-hydrogen) atoms. The van der Waals surface area contributed by atoms with Crippen LogP contribution in [0, 0.1) is 12.8 Å². The van der Waals surface area contributed by atoms with Crippen LogP contribution in [-0.4, -0.2) is 45.5 Å². The first-order valence-corrected chi connectivity index (χ1v) is 8.43. The molecular formula is C16H23N5O3. The Labute approximate surface area is 140 Å². The Hall–Kier alpha value is -2.38. The Morgan fingerprint density at radius 2 is 2.17 bits per heavy atom. The van der Waals surface area contributed by atoms with Gasteiger partial charge in [0.25, 0.3) is 0 Å². The number of aryl methyl sites for hydroxylation is 1. The molecule has 4 amide bonds. The molecule has 0 radical (unpaired) electrons. The van der Waals surface area contributed by atoms with E-state index >= 15 is 0 Å². The number of imide groups is 1. The normalized spacial score (nSPS) is 23.6. The summed E-state index contributed by atoms with van der Waals surface area (Å²) in [5, 5.41) is 12.0. The fourth-order valence-corrected chi connectivity index (χ4v) is 3.54. The Bertz CT molecular complexity index is 641. The van der Waals surface area contributed by atoms with E-state index in [1.54, 1.807) is 11.1 Å². The lowest BCUT2D eigenvalue weighted by molar-refractivity contribution is -0.129. The molecule has 1 aromatic heterocycles. The van der Waals surface area contributed by atoms with Gasteiger partial charge in [0.2, 0.25) is 11.8 Å². The monoisotopic (exact) mass is 333 g/mol. The first-order valence-electron chi connectivity index (χ1n) is 8.43. The molecule has 8 heteroatoms. The molecule has 3 N–H and O–H groups in total. The number of hydrogen-bond donors (Lipinski definition) is 3. The van der Waals surface area contributed by atoms with Gasteiger partial charge in [0.05, 0.1) is 12.1 Å². The average Bonchev–Trinajstić information content (AvgIpc) is 2.98. The highest BCUT2D eigenvalue weighted by Gasteiger charge is 2.42. The summed E-state index contributed by atoms with van der Waals surface area (Å²) in [5.74, 6) is -0.415. The number of fused-ring (bicyclic) bond motifs is 1. The van der Waals surface area contributed by atoms with Crippen LogP contribution in [0.5, 0.6) is 0 Å². The number of amides is 4. The van der Waals surface area contributed by atoms with Gasteiger partial charge in [0.15, 0.2) is 0 Å². The minimum absolute atomic E-state index is 0.0658. The van der Waals surface area contributed by atoms with E-state index in [1.807, 2.05) is 6.92 Å². The quantitative estimate of drug-likeness (QED) is 0.742. The molecule has 2 heterocycles. The van der Waals surface area contributed by atoms with Crippen LogP contribution in [0.2, 0.25) is 0 Å². The van der Waals surface area contributed by atoms with E-state index in [9.17, 15) is 14.4 Å². The van der Waals surface area contributed by atoms with Crippen LogP contribution < -0.4 is 10.6 Å². The number of hydrogen-bond acceptors (Lipinski definition) is 4. The van der Waals surface area contributed by atoms with Crippen LogP contribution in [0.3, 0.4) is 0 Å². The molecule has 1 saturated heterocycles. The SMILES string of the molecule is Cc1[nH]ncc1CNC(=O)CCN1C(=O)NC(=O)C2CCCCC21.